The number of halogens is 5. The molecule has 0 aliphatic carbocycles. The van der Waals surface area contributed by atoms with Gasteiger partial charge in [0.1, 0.15) is 5.75 Å². The van der Waals surface area contributed by atoms with Crippen LogP contribution in [0.5, 0.6) is 5.75 Å². The smallest absolute Gasteiger partial charge is 0.416 e. The van der Waals surface area contributed by atoms with Crippen molar-refractivity contribution >= 4 is 23.6 Å². The number of alkyl halides is 5. The van der Waals surface area contributed by atoms with E-state index in [1.54, 1.807) is 0 Å². The van der Waals surface area contributed by atoms with E-state index in [0.29, 0.717) is 0 Å². The second-order valence-corrected chi connectivity index (χ2v) is 5.49. The second-order valence-electron chi connectivity index (χ2n) is 5.49. The Kier molecular flexibility index (Phi) is 7.29. The molecular formula is C19H14F5NO4. The third-order valence-corrected chi connectivity index (χ3v) is 3.35. The molecule has 0 spiro atoms. The molecule has 0 saturated heterocycles. The first kappa shape index (κ1) is 21.9. The Morgan fingerprint density at radius 2 is 1.79 bits per heavy atom. The van der Waals surface area contributed by atoms with E-state index in [4.69, 9.17) is 0 Å². The Hall–Kier alpha value is -3.43. The topological polar surface area (TPSA) is 64.6 Å². The van der Waals surface area contributed by atoms with E-state index in [1.165, 1.54) is 36.4 Å². The van der Waals surface area contributed by atoms with Crippen molar-refractivity contribution in [1.29, 1.82) is 0 Å². The SMILES string of the molecule is O=C(COC(=O)C=Cc1cccc(C(F)(F)F)c1)Nc1ccccc1OC(F)F. The Morgan fingerprint density at radius 3 is 2.48 bits per heavy atom. The van der Waals surface area contributed by atoms with Crippen LogP contribution < -0.4 is 10.1 Å². The number of hydrogen-bond donors (Lipinski definition) is 1. The van der Waals surface area contributed by atoms with E-state index in [2.05, 4.69) is 14.8 Å². The van der Waals surface area contributed by atoms with E-state index in [1.807, 2.05) is 0 Å². The fourth-order valence-corrected chi connectivity index (χ4v) is 2.12. The van der Waals surface area contributed by atoms with Crippen LogP contribution in [-0.2, 0) is 20.5 Å². The molecular weight excluding hydrogens is 401 g/mol. The highest BCUT2D eigenvalue weighted by atomic mass is 19.4. The molecule has 29 heavy (non-hydrogen) atoms. The van der Waals surface area contributed by atoms with Crippen molar-refractivity contribution in [2.45, 2.75) is 12.8 Å². The van der Waals surface area contributed by atoms with Crippen molar-refractivity contribution in [2.24, 2.45) is 0 Å². The summed E-state index contributed by atoms with van der Waals surface area (Å²) in [6, 6.07) is 9.68. The molecule has 0 fully saturated rings. The van der Waals surface area contributed by atoms with Crippen LogP contribution >= 0.6 is 0 Å². The molecule has 5 nitrogen and oxygen atoms in total. The first-order chi connectivity index (χ1) is 13.6. The highest BCUT2D eigenvalue weighted by Crippen LogP contribution is 2.29. The van der Waals surface area contributed by atoms with E-state index in [0.717, 1.165) is 24.3 Å². The predicted octanol–water partition coefficient (Wildman–Crippen LogP) is 4.50. The standard InChI is InChI=1S/C19H14F5NO4/c20-18(21)29-15-7-2-1-6-14(15)25-16(26)11-28-17(27)9-8-12-4-3-5-13(10-12)19(22,23)24/h1-10,18H,11H2,(H,25,26). The molecule has 154 valence electrons. The summed E-state index contributed by atoms with van der Waals surface area (Å²) in [7, 11) is 0. The number of carbonyl (C=O) groups is 2. The largest absolute Gasteiger partial charge is 0.452 e. The molecule has 0 bridgehead atoms. The number of rotatable bonds is 7. The van der Waals surface area contributed by atoms with Gasteiger partial charge < -0.3 is 14.8 Å². The molecule has 0 atom stereocenters. The molecule has 2 aromatic rings. The van der Waals surface area contributed by atoms with Gasteiger partial charge >= 0.3 is 18.8 Å². The van der Waals surface area contributed by atoms with Crippen LogP contribution in [0.15, 0.2) is 54.6 Å². The van der Waals surface area contributed by atoms with E-state index < -0.39 is 36.8 Å². The van der Waals surface area contributed by atoms with Gasteiger partial charge in [-0.15, -0.1) is 0 Å². The molecule has 10 heteroatoms. The second kappa shape index (κ2) is 9.67. The maximum absolute atomic E-state index is 12.6. The zero-order valence-electron chi connectivity index (χ0n) is 14.6. The third kappa shape index (κ3) is 7.24. The lowest BCUT2D eigenvalue weighted by Crippen LogP contribution is -2.20. The first-order valence-corrected chi connectivity index (χ1v) is 8.01. The summed E-state index contributed by atoms with van der Waals surface area (Å²) < 4.78 is 71.5. The number of amides is 1. The highest BCUT2D eigenvalue weighted by molar-refractivity contribution is 5.95. The fourth-order valence-electron chi connectivity index (χ4n) is 2.12. The average Bonchev–Trinajstić information content (AvgIpc) is 2.65. The number of hydrogen-bond acceptors (Lipinski definition) is 4. The number of esters is 1. The van der Waals surface area contributed by atoms with Crippen LogP contribution in [0, 0.1) is 0 Å². The van der Waals surface area contributed by atoms with Crippen LogP contribution in [-0.4, -0.2) is 25.1 Å². The molecule has 0 aromatic heterocycles. The maximum atomic E-state index is 12.6. The quantitative estimate of drug-likeness (QED) is 0.411. The zero-order valence-corrected chi connectivity index (χ0v) is 14.6. The molecule has 0 saturated carbocycles. The van der Waals surface area contributed by atoms with Crippen molar-refractivity contribution < 1.29 is 41.0 Å². The number of benzene rings is 2. The molecule has 1 N–H and O–H groups in total. The summed E-state index contributed by atoms with van der Waals surface area (Å²) in [4.78, 5) is 23.4. The van der Waals surface area contributed by atoms with Crippen molar-refractivity contribution in [1.82, 2.24) is 0 Å². The van der Waals surface area contributed by atoms with E-state index in [9.17, 15) is 31.5 Å². The Morgan fingerprint density at radius 1 is 1.07 bits per heavy atom. The van der Waals surface area contributed by atoms with Gasteiger partial charge in [0.2, 0.25) is 0 Å². The van der Waals surface area contributed by atoms with Gasteiger partial charge in [0, 0.05) is 6.08 Å². The summed E-state index contributed by atoms with van der Waals surface area (Å²) in [5.74, 6) is -2.07. The van der Waals surface area contributed by atoms with Crippen LogP contribution in [0.3, 0.4) is 0 Å². The summed E-state index contributed by atoms with van der Waals surface area (Å²) >= 11 is 0. The Labute approximate surface area is 161 Å². The van der Waals surface area contributed by atoms with Gasteiger partial charge in [0.25, 0.3) is 5.91 Å². The zero-order chi connectivity index (χ0) is 21.4. The van der Waals surface area contributed by atoms with Crippen LogP contribution in [0.1, 0.15) is 11.1 Å². The van der Waals surface area contributed by atoms with Gasteiger partial charge in [-0.05, 0) is 35.9 Å². The molecule has 2 aromatic carbocycles. The predicted molar refractivity (Wildman–Crippen MR) is 93.1 cm³/mol. The summed E-state index contributed by atoms with van der Waals surface area (Å²) in [5.41, 5.74) is -0.815. The van der Waals surface area contributed by atoms with E-state index in [-0.39, 0.29) is 17.0 Å². The van der Waals surface area contributed by atoms with Crippen LogP contribution in [0.2, 0.25) is 0 Å². The minimum Gasteiger partial charge on any atom is -0.452 e. The Bertz CT molecular complexity index is 896. The third-order valence-electron chi connectivity index (χ3n) is 3.35. The monoisotopic (exact) mass is 415 g/mol. The normalized spacial score (nSPS) is 11.5. The molecule has 0 unspecified atom stereocenters. The fraction of sp³-hybridized carbons (Fsp3) is 0.158. The molecule has 0 heterocycles. The average molecular weight is 415 g/mol. The summed E-state index contributed by atoms with van der Waals surface area (Å²) in [6.07, 6.45) is -2.56. The lowest BCUT2D eigenvalue weighted by molar-refractivity contribution is -0.142. The molecule has 0 radical (unpaired) electrons. The molecule has 0 aliphatic heterocycles. The number of nitrogens with one attached hydrogen (secondary N) is 1. The van der Waals surface area contributed by atoms with Crippen molar-refractivity contribution in [3.05, 3.63) is 65.7 Å². The lowest BCUT2D eigenvalue weighted by atomic mass is 10.1. The molecule has 1 amide bonds. The van der Waals surface area contributed by atoms with Crippen LogP contribution in [0.4, 0.5) is 27.6 Å². The van der Waals surface area contributed by atoms with E-state index >= 15 is 0 Å². The summed E-state index contributed by atoms with van der Waals surface area (Å²) in [6.45, 7) is -3.83. The Balaban J connectivity index is 1.90. The summed E-state index contributed by atoms with van der Waals surface area (Å²) in [5, 5.41) is 2.25. The number of ether oxygens (including phenoxy) is 2. The molecule has 0 aliphatic rings. The lowest BCUT2D eigenvalue weighted by Gasteiger charge is -2.11. The van der Waals surface area contributed by atoms with Crippen LogP contribution in [0.25, 0.3) is 6.08 Å². The minimum absolute atomic E-state index is 0.0478. The van der Waals surface area contributed by atoms with Gasteiger partial charge in [0.15, 0.2) is 6.61 Å². The first-order valence-electron chi connectivity index (χ1n) is 8.01. The van der Waals surface area contributed by atoms with Crippen molar-refractivity contribution in [3.63, 3.8) is 0 Å². The number of carbonyl (C=O) groups excluding carboxylic acids is 2. The number of anilines is 1. The highest BCUT2D eigenvalue weighted by Gasteiger charge is 2.30. The maximum Gasteiger partial charge on any atom is 0.416 e. The van der Waals surface area contributed by atoms with Gasteiger partial charge in [-0.1, -0.05) is 24.3 Å². The molecule has 2 rings (SSSR count). The number of para-hydroxylation sites is 2. The van der Waals surface area contributed by atoms with Gasteiger partial charge in [-0.3, -0.25) is 4.79 Å². The van der Waals surface area contributed by atoms with Gasteiger partial charge in [-0.2, -0.15) is 22.0 Å². The van der Waals surface area contributed by atoms with Gasteiger partial charge in [-0.25, -0.2) is 4.79 Å². The minimum atomic E-state index is -4.52. The van der Waals surface area contributed by atoms with Crippen molar-refractivity contribution in [3.8, 4) is 5.75 Å². The van der Waals surface area contributed by atoms with Crippen molar-refractivity contribution in [2.75, 3.05) is 11.9 Å². The van der Waals surface area contributed by atoms with Gasteiger partial charge in [0.05, 0.1) is 11.3 Å².